The first-order valence-electron chi connectivity index (χ1n) is 7.42. The van der Waals surface area contributed by atoms with Crippen molar-refractivity contribution in [2.75, 3.05) is 11.9 Å². The van der Waals surface area contributed by atoms with Gasteiger partial charge in [-0.2, -0.15) is 0 Å². The van der Waals surface area contributed by atoms with Crippen molar-refractivity contribution in [1.29, 1.82) is 0 Å². The van der Waals surface area contributed by atoms with E-state index in [1.54, 1.807) is 6.20 Å². The molecule has 0 aliphatic heterocycles. The highest BCUT2D eigenvalue weighted by Gasteiger charge is 2.21. The van der Waals surface area contributed by atoms with Gasteiger partial charge in [0, 0.05) is 36.3 Å². The molecular weight excluding hydrogens is 260 g/mol. The predicted octanol–water partition coefficient (Wildman–Crippen LogP) is 3.50. The van der Waals surface area contributed by atoms with Crippen molar-refractivity contribution in [3.8, 4) is 0 Å². The van der Waals surface area contributed by atoms with Crippen LogP contribution in [0.15, 0.2) is 24.5 Å². The van der Waals surface area contributed by atoms with Gasteiger partial charge in [-0.3, -0.25) is 4.98 Å². The Hall–Kier alpha value is -1.97. The standard InChI is InChI=1S/C17H24N4/c1-6-19-15-12(2)14(10-13-8-7-9-18-11-13)20-16(21-15)17(3,4)5/h7-9,11H,6,10H2,1-5H3,(H,19,20,21). The molecule has 0 bridgehead atoms. The molecule has 0 fully saturated rings. The molecule has 0 aliphatic rings. The smallest absolute Gasteiger partial charge is 0.136 e. The number of hydrogen-bond donors (Lipinski definition) is 1. The number of anilines is 1. The first-order valence-corrected chi connectivity index (χ1v) is 7.42. The van der Waals surface area contributed by atoms with Gasteiger partial charge >= 0.3 is 0 Å². The molecule has 21 heavy (non-hydrogen) atoms. The number of hydrogen-bond acceptors (Lipinski definition) is 4. The van der Waals surface area contributed by atoms with Crippen LogP contribution in [-0.2, 0) is 11.8 Å². The molecule has 2 aromatic rings. The molecule has 0 atom stereocenters. The fraction of sp³-hybridized carbons (Fsp3) is 0.471. The van der Waals surface area contributed by atoms with Crippen molar-refractivity contribution in [3.05, 3.63) is 47.2 Å². The van der Waals surface area contributed by atoms with Crippen LogP contribution in [0.2, 0.25) is 0 Å². The van der Waals surface area contributed by atoms with Crippen LogP contribution in [0.4, 0.5) is 5.82 Å². The summed E-state index contributed by atoms with van der Waals surface area (Å²) in [5, 5.41) is 3.35. The molecule has 0 aromatic carbocycles. The molecule has 2 rings (SSSR count). The maximum absolute atomic E-state index is 4.80. The second kappa shape index (κ2) is 6.20. The van der Waals surface area contributed by atoms with E-state index in [4.69, 9.17) is 9.97 Å². The van der Waals surface area contributed by atoms with E-state index in [9.17, 15) is 0 Å². The summed E-state index contributed by atoms with van der Waals surface area (Å²) in [6.45, 7) is 11.4. The highest BCUT2D eigenvalue weighted by Crippen LogP contribution is 2.24. The fourth-order valence-electron chi connectivity index (χ4n) is 2.11. The van der Waals surface area contributed by atoms with E-state index in [1.807, 2.05) is 12.3 Å². The predicted molar refractivity (Wildman–Crippen MR) is 86.7 cm³/mol. The molecule has 0 aliphatic carbocycles. The van der Waals surface area contributed by atoms with E-state index < -0.39 is 0 Å². The van der Waals surface area contributed by atoms with E-state index in [0.717, 1.165) is 35.9 Å². The van der Waals surface area contributed by atoms with Crippen LogP contribution in [-0.4, -0.2) is 21.5 Å². The van der Waals surface area contributed by atoms with Crippen molar-refractivity contribution in [2.45, 2.75) is 46.5 Å². The SMILES string of the molecule is CCNc1nc(C(C)(C)C)nc(Cc2cccnc2)c1C. The van der Waals surface area contributed by atoms with Crippen LogP contribution in [0.25, 0.3) is 0 Å². The molecule has 0 saturated heterocycles. The van der Waals surface area contributed by atoms with Gasteiger partial charge in [0.05, 0.1) is 5.69 Å². The normalized spacial score (nSPS) is 11.5. The molecule has 112 valence electrons. The molecule has 2 aromatic heterocycles. The van der Waals surface area contributed by atoms with Gasteiger partial charge in [-0.25, -0.2) is 9.97 Å². The molecule has 1 N–H and O–H groups in total. The minimum atomic E-state index is -0.0679. The van der Waals surface area contributed by atoms with E-state index in [-0.39, 0.29) is 5.41 Å². The number of nitrogens with zero attached hydrogens (tertiary/aromatic N) is 3. The van der Waals surface area contributed by atoms with Crippen molar-refractivity contribution in [3.63, 3.8) is 0 Å². The molecule has 0 amide bonds. The van der Waals surface area contributed by atoms with Crippen molar-refractivity contribution >= 4 is 5.82 Å². The van der Waals surface area contributed by atoms with Gasteiger partial charge in [0.25, 0.3) is 0 Å². The summed E-state index contributed by atoms with van der Waals surface area (Å²) in [6, 6.07) is 4.04. The summed E-state index contributed by atoms with van der Waals surface area (Å²) in [5.74, 6) is 1.82. The van der Waals surface area contributed by atoms with Crippen LogP contribution in [0.5, 0.6) is 0 Å². The van der Waals surface area contributed by atoms with Crippen LogP contribution >= 0.6 is 0 Å². The van der Waals surface area contributed by atoms with E-state index in [2.05, 4.69) is 51.0 Å². The number of nitrogens with one attached hydrogen (secondary N) is 1. The summed E-state index contributed by atoms with van der Waals surface area (Å²) in [4.78, 5) is 13.7. The Balaban J connectivity index is 2.45. The van der Waals surface area contributed by atoms with Crippen molar-refractivity contribution in [1.82, 2.24) is 15.0 Å². The van der Waals surface area contributed by atoms with Crippen LogP contribution in [0.1, 0.15) is 50.3 Å². The topological polar surface area (TPSA) is 50.7 Å². The molecule has 0 radical (unpaired) electrons. The van der Waals surface area contributed by atoms with Crippen LogP contribution < -0.4 is 5.32 Å². The van der Waals surface area contributed by atoms with Crippen LogP contribution in [0, 0.1) is 6.92 Å². The lowest BCUT2D eigenvalue weighted by Crippen LogP contribution is -2.20. The van der Waals surface area contributed by atoms with Crippen molar-refractivity contribution in [2.24, 2.45) is 0 Å². The Bertz CT molecular complexity index is 600. The minimum absolute atomic E-state index is 0.0679. The second-order valence-electron chi connectivity index (χ2n) is 6.29. The zero-order valence-corrected chi connectivity index (χ0v) is 13.6. The molecule has 4 nitrogen and oxygen atoms in total. The first kappa shape index (κ1) is 15.4. The van der Waals surface area contributed by atoms with E-state index in [1.165, 1.54) is 5.56 Å². The quantitative estimate of drug-likeness (QED) is 0.933. The summed E-state index contributed by atoms with van der Waals surface area (Å²) >= 11 is 0. The lowest BCUT2D eigenvalue weighted by Gasteiger charge is -2.21. The zero-order chi connectivity index (χ0) is 15.5. The third-order valence-corrected chi connectivity index (χ3v) is 3.36. The molecular formula is C17H24N4. The number of pyridine rings is 1. The van der Waals surface area contributed by atoms with Crippen molar-refractivity contribution < 1.29 is 0 Å². The summed E-state index contributed by atoms with van der Waals surface area (Å²) in [5.41, 5.74) is 3.29. The Morgan fingerprint density at radius 2 is 1.95 bits per heavy atom. The molecule has 0 saturated carbocycles. The summed E-state index contributed by atoms with van der Waals surface area (Å²) in [6.07, 6.45) is 4.47. The monoisotopic (exact) mass is 284 g/mol. The van der Waals surface area contributed by atoms with Gasteiger partial charge in [0.15, 0.2) is 0 Å². The minimum Gasteiger partial charge on any atom is -0.370 e. The number of aromatic nitrogens is 3. The second-order valence-corrected chi connectivity index (χ2v) is 6.29. The molecule has 0 spiro atoms. The first-order chi connectivity index (χ1) is 9.91. The Morgan fingerprint density at radius 3 is 2.52 bits per heavy atom. The van der Waals surface area contributed by atoms with Crippen LogP contribution in [0.3, 0.4) is 0 Å². The Kier molecular flexibility index (Phi) is 4.56. The lowest BCUT2D eigenvalue weighted by atomic mass is 9.95. The summed E-state index contributed by atoms with van der Waals surface area (Å²) < 4.78 is 0. The fourth-order valence-corrected chi connectivity index (χ4v) is 2.11. The summed E-state index contributed by atoms with van der Waals surface area (Å²) in [7, 11) is 0. The third-order valence-electron chi connectivity index (χ3n) is 3.36. The molecule has 2 heterocycles. The average molecular weight is 284 g/mol. The Morgan fingerprint density at radius 1 is 1.19 bits per heavy atom. The largest absolute Gasteiger partial charge is 0.370 e. The highest BCUT2D eigenvalue weighted by molar-refractivity contribution is 5.47. The maximum Gasteiger partial charge on any atom is 0.136 e. The van der Waals surface area contributed by atoms with E-state index >= 15 is 0 Å². The highest BCUT2D eigenvalue weighted by atomic mass is 15.0. The lowest BCUT2D eigenvalue weighted by molar-refractivity contribution is 0.542. The average Bonchev–Trinajstić information content (AvgIpc) is 2.43. The van der Waals surface area contributed by atoms with Gasteiger partial charge in [-0.15, -0.1) is 0 Å². The Labute approximate surface area is 127 Å². The zero-order valence-electron chi connectivity index (χ0n) is 13.6. The molecule has 0 unspecified atom stereocenters. The van der Waals surface area contributed by atoms with Gasteiger partial charge in [0.1, 0.15) is 11.6 Å². The van der Waals surface area contributed by atoms with Gasteiger partial charge in [-0.05, 0) is 25.5 Å². The van der Waals surface area contributed by atoms with Gasteiger partial charge < -0.3 is 5.32 Å². The molecule has 4 heteroatoms. The van der Waals surface area contributed by atoms with E-state index in [0.29, 0.717) is 0 Å². The third kappa shape index (κ3) is 3.78. The van der Waals surface area contributed by atoms with Gasteiger partial charge in [0.2, 0.25) is 0 Å². The number of rotatable bonds is 4. The van der Waals surface area contributed by atoms with Gasteiger partial charge in [-0.1, -0.05) is 26.8 Å². The maximum atomic E-state index is 4.80.